The molecule has 2 rings (SSSR count). The second-order valence-electron chi connectivity index (χ2n) is 4.63. The number of rotatable bonds is 7. The number of hydrogen-bond donors (Lipinski definition) is 1. The van der Waals surface area contributed by atoms with E-state index in [2.05, 4.69) is 24.3 Å². The number of nitrogens with two attached hydrogens (primary N) is 1. The van der Waals surface area contributed by atoms with E-state index >= 15 is 0 Å². The molecule has 4 heteroatoms. The van der Waals surface area contributed by atoms with Crippen molar-refractivity contribution in [2.45, 2.75) is 17.1 Å². The highest BCUT2D eigenvalue weighted by Gasteiger charge is 2.11. The van der Waals surface area contributed by atoms with Crippen molar-refractivity contribution in [1.29, 1.82) is 0 Å². The van der Waals surface area contributed by atoms with Crippen LogP contribution in [0.25, 0.3) is 0 Å². The first kappa shape index (κ1) is 15.7. The summed E-state index contributed by atoms with van der Waals surface area (Å²) in [4.78, 5) is 1.08. The molecule has 0 heterocycles. The molecule has 0 amide bonds. The van der Waals surface area contributed by atoms with Gasteiger partial charge in [0, 0.05) is 5.75 Å². The normalized spacial score (nSPS) is 10.4. The zero-order valence-corrected chi connectivity index (χ0v) is 13.3. The molecule has 0 saturated heterocycles. The third-order valence-electron chi connectivity index (χ3n) is 3.22. The Hall–Kier alpha value is -1.65. The molecule has 0 bridgehead atoms. The highest BCUT2D eigenvalue weighted by molar-refractivity contribution is 7.98. The van der Waals surface area contributed by atoms with Crippen LogP contribution in [0.1, 0.15) is 11.1 Å². The Bertz CT molecular complexity index is 573. The molecule has 21 heavy (non-hydrogen) atoms. The van der Waals surface area contributed by atoms with Gasteiger partial charge in [0.05, 0.1) is 19.1 Å². The molecule has 0 aliphatic carbocycles. The fourth-order valence-electron chi connectivity index (χ4n) is 2.13. The number of thioether (sulfide) groups is 1. The van der Waals surface area contributed by atoms with Crippen molar-refractivity contribution in [1.82, 2.24) is 0 Å². The molecule has 0 aliphatic heterocycles. The van der Waals surface area contributed by atoms with E-state index in [9.17, 15) is 0 Å². The summed E-state index contributed by atoms with van der Waals surface area (Å²) >= 11 is 1.74. The largest absolute Gasteiger partial charge is 0.496 e. The van der Waals surface area contributed by atoms with Crippen LogP contribution in [-0.2, 0) is 12.2 Å². The van der Waals surface area contributed by atoms with Crippen LogP contribution in [0, 0.1) is 0 Å². The van der Waals surface area contributed by atoms with E-state index in [1.54, 1.807) is 26.0 Å². The van der Waals surface area contributed by atoms with Gasteiger partial charge in [-0.25, -0.2) is 0 Å². The highest BCUT2D eigenvalue weighted by Crippen LogP contribution is 2.37. The third-order valence-corrected chi connectivity index (χ3v) is 4.33. The van der Waals surface area contributed by atoms with Crippen molar-refractivity contribution in [3.05, 3.63) is 53.6 Å². The van der Waals surface area contributed by atoms with Crippen LogP contribution in [0.4, 0.5) is 0 Å². The Morgan fingerprint density at radius 3 is 2.33 bits per heavy atom. The Labute approximate surface area is 130 Å². The summed E-state index contributed by atoms with van der Waals surface area (Å²) in [7, 11) is 3.38. The van der Waals surface area contributed by atoms with Gasteiger partial charge in [0.2, 0.25) is 0 Å². The Balaban J connectivity index is 2.21. The smallest absolute Gasteiger partial charge is 0.132 e. The van der Waals surface area contributed by atoms with E-state index in [1.807, 2.05) is 18.2 Å². The average Bonchev–Trinajstić information content (AvgIpc) is 2.54. The first-order valence-corrected chi connectivity index (χ1v) is 7.88. The van der Waals surface area contributed by atoms with Crippen LogP contribution in [0.15, 0.2) is 47.4 Å². The number of ether oxygens (including phenoxy) is 2. The monoisotopic (exact) mass is 303 g/mol. The lowest BCUT2D eigenvalue weighted by Crippen LogP contribution is -2.05. The highest BCUT2D eigenvalue weighted by atomic mass is 32.2. The molecule has 0 saturated carbocycles. The SMILES string of the molecule is COc1cc(SCc2ccccc2)c(OC)cc1CCN. The molecule has 2 aromatic carbocycles. The van der Waals surface area contributed by atoms with Crippen LogP contribution in [0.3, 0.4) is 0 Å². The van der Waals surface area contributed by atoms with Crippen LogP contribution in [0.2, 0.25) is 0 Å². The van der Waals surface area contributed by atoms with Gasteiger partial charge in [-0.3, -0.25) is 0 Å². The zero-order valence-electron chi connectivity index (χ0n) is 12.5. The van der Waals surface area contributed by atoms with Gasteiger partial charge in [0.15, 0.2) is 0 Å². The van der Waals surface area contributed by atoms with Crippen molar-refractivity contribution >= 4 is 11.8 Å². The Morgan fingerprint density at radius 1 is 1.00 bits per heavy atom. The molecule has 0 radical (unpaired) electrons. The molecule has 0 fully saturated rings. The van der Waals surface area contributed by atoms with Crippen molar-refractivity contribution in [2.75, 3.05) is 20.8 Å². The maximum atomic E-state index is 5.65. The lowest BCUT2D eigenvalue weighted by atomic mass is 10.1. The third kappa shape index (κ3) is 4.16. The molecule has 112 valence electrons. The number of hydrogen-bond acceptors (Lipinski definition) is 4. The van der Waals surface area contributed by atoms with Gasteiger partial charge >= 0.3 is 0 Å². The van der Waals surface area contributed by atoms with Crippen molar-refractivity contribution in [2.24, 2.45) is 5.73 Å². The van der Waals surface area contributed by atoms with Crippen molar-refractivity contribution in [3.8, 4) is 11.5 Å². The summed E-state index contributed by atoms with van der Waals surface area (Å²) in [5, 5.41) is 0. The van der Waals surface area contributed by atoms with Gasteiger partial charge in [-0.2, -0.15) is 0 Å². The summed E-state index contributed by atoms with van der Waals surface area (Å²) in [6.07, 6.45) is 0.781. The van der Waals surface area contributed by atoms with E-state index in [-0.39, 0.29) is 0 Å². The predicted molar refractivity (Wildman–Crippen MR) is 88.3 cm³/mol. The molecule has 3 nitrogen and oxygen atoms in total. The molecule has 0 aliphatic rings. The van der Waals surface area contributed by atoms with Gasteiger partial charge in [0.25, 0.3) is 0 Å². The first-order chi connectivity index (χ1) is 10.3. The van der Waals surface area contributed by atoms with Crippen molar-refractivity contribution < 1.29 is 9.47 Å². The second-order valence-corrected chi connectivity index (χ2v) is 5.65. The minimum Gasteiger partial charge on any atom is -0.496 e. The maximum Gasteiger partial charge on any atom is 0.132 e. The summed E-state index contributed by atoms with van der Waals surface area (Å²) < 4.78 is 11.0. The van der Waals surface area contributed by atoms with Crippen LogP contribution in [-0.4, -0.2) is 20.8 Å². The molecular formula is C17H21NO2S. The summed E-state index contributed by atoms with van der Waals surface area (Å²) in [6.45, 7) is 0.593. The van der Waals surface area contributed by atoms with Gasteiger partial charge < -0.3 is 15.2 Å². The van der Waals surface area contributed by atoms with Crippen molar-refractivity contribution in [3.63, 3.8) is 0 Å². The van der Waals surface area contributed by atoms with Crippen LogP contribution >= 0.6 is 11.8 Å². The van der Waals surface area contributed by atoms with Gasteiger partial charge in [-0.15, -0.1) is 11.8 Å². The lowest BCUT2D eigenvalue weighted by Gasteiger charge is -2.14. The second kappa shape index (κ2) is 7.96. The zero-order chi connectivity index (χ0) is 15.1. The molecule has 2 aromatic rings. The fourth-order valence-corrected chi connectivity index (χ4v) is 3.12. The van der Waals surface area contributed by atoms with Crippen LogP contribution in [0.5, 0.6) is 11.5 Å². The van der Waals surface area contributed by atoms with E-state index in [0.717, 1.165) is 34.1 Å². The van der Waals surface area contributed by atoms with E-state index in [1.165, 1.54) is 5.56 Å². The topological polar surface area (TPSA) is 44.5 Å². The van der Waals surface area contributed by atoms with E-state index < -0.39 is 0 Å². The summed E-state index contributed by atoms with van der Waals surface area (Å²) in [5.74, 6) is 2.65. The molecule has 0 spiro atoms. The summed E-state index contributed by atoms with van der Waals surface area (Å²) in [5.41, 5.74) is 8.02. The van der Waals surface area contributed by atoms with Crippen LogP contribution < -0.4 is 15.2 Å². The molecule has 0 atom stereocenters. The number of methoxy groups -OCH3 is 2. The van der Waals surface area contributed by atoms with Gasteiger partial charge in [0.1, 0.15) is 11.5 Å². The molecule has 0 unspecified atom stereocenters. The van der Waals surface area contributed by atoms with E-state index in [4.69, 9.17) is 15.2 Å². The number of benzene rings is 2. The predicted octanol–water partition coefficient (Wildman–Crippen LogP) is 3.50. The Kier molecular flexibility index (Phi) is 5.96. The first-order valence-electron chi connectivity index (χ1n) is 6.90. The standard InChI is InChI=1S/C17H21NO2S/c1-19-15-11-17(16(20-2)10-14(15)8-9-18)21-12-13-6-4-3-5-7-13/h3-7,10-11H,8-9,12,18H2,1-2H3. The minimum atomic E-state index is 0.593. The lowest BCUT2D eigenvalue weighted by molar-refractivity contribution is 0.390. The molecular weight excluding hydrogens is 282 g/mol. The summed E-state index contributed by atoms with van der Waals surface area (Å²) in [6, 6.07) is 14.4. The fraction of sp³-hybridized carbons (Fsp3) is 0.294. The molecule has 0 aromatic heterocycles. The van der Waals surface area contributed by atoms with Gasteiger partial charge in [-0.1, -0.05) is 30.3 Å². The van der Waals surface area contributed by atoms with E-state index in [0.29, 0.717) is 6.54 Å². The quantitative estimate of drug-likeness (QED) is 0.795. The Morgan fingerprint density at radius 2 is 1.71 bits per heavy atom. The van der Waals surface area contributed by atoms with Gasteiger partial charge in [-0.05, 0) is 36.2 Å². The average molecular weight is 303 g/mol. The molecule has 2 N–H and O–H groups in total. The maximum absolute atomic E-state index is 5.65. The minimum absolute atomic E-state index is 0.593.